The molecule has 2 atom stereocenters. The van der Waals surface area contributed by atoms with E-state index in [-0.39, 0.29) is 12.1 Å². The van der Waals surface area contributed by atoms with Gasteiger partial charge in [0.25, 0.3) is 0 Å². The van der Waals surface area contributed by atoms with Gasteiger partial charge in [0, 0.05) is 12.8 Å². The summed E-state index contributed by atoms with van der Waals surface area (Å²) in [6.07, 6.45) is 1.55. The van der Waals surface area contributed by atoms with Crippen LogP contribution in [0.15, 0.2) is 138 Å². The second-order valence-electron chi connectivity index (χ2n) is 13.3. The molecule has 0 fully saturated rings. The van der Waals surface area contributed by atoms with Crippen LogP contribution in [-0.2, 0) is 0 Å². The van der Waals surface area contributed by atoms with Crippen molar-refractivity contribution in [2.45, 2.75) is 24.9 Å². The topological polar surface area (TPSA) is 61.7 Å². The van der Waals surface area contributed by atoms with E-state index in [0.29, 0.717) is 0 Å². The molecule has 5 nitrogen and oxygen atoms in total. The first-order valence-corrected chi connectivity index (χ1v) is 16.7. The Morgan fingerprint density at radius 3 is 1.23 bits per heavy atom. The number of aromatic nitrogens is 1. The number of rotatable bonds is 4. The lowest BCUT2D eigenvalue weighted by Gasteiger charge is -2.17. The molecule has 2 aliphatic heterocycles. The maximum Gasteiger partial charge on any atom is 0.0883 e. The van der Waals surface area contributed by atoms with Gasteiger partial charge in [0.05, 0.1) is 34.9 Å². The molecule has 2 N–H and O–H groups in total. The van der Waals surface area contributed by atoms with Gasteiger partial charge in [-0.1, -0.05) is 115 Å². The van der Waals surface area contributed by atoms with Gasteiger partial charge < -0.3 is 10.9 Å². The molecule has 0 amide bonds. The molecule has 9 aromatic rings. The number of hydrogen-bond donors (Lipinski definition) is 2. The Bertz CT molecular complexity index is 2590. The summed E-state index contributed by atoms with van der Waals surface area (Å²) < 4.78 is 0. The van der Waals surface area contributed by atoms with Gasteiger partial charge in [-0.2, -0.15) is 10.2 Å². The van der Waals surface area contributed by atoms with Crippen LogP contribution in [0.2, 0.25) is 0 Å². The first-order chi connectivity index (χ1) is 23.8. The van der Waals surface area contributed by atoms with Crippen molar-refractivity contribution in [3.8, 4) is 0 Å². The molecule has 2 unspecified atom stereocenters. The van der Waals surface area contributed by atoms with Crippen LogP contribution in [0, 0.1) is 0 Å². The summed E-state index contributed by atoms with van der Waals surface area (Å²) in [6.45, 7) is 0. The Labute approximate surface area is 276 Å². The molecule has 2 aliphatic rings. The first kappa shape index (κ1) is 26.0. The van der Waals surface area contributed by atoms with Gasteiger partial charge in [-0.05, 0) is 87.9 Å². The average Bonchev–Trinajstić information content (AvgIpc) is 3.84. The monoisotopic (exact) mass is 615 g/mol. The highest BCUT2D eigenvalue weighted by Crippen LogP contribution is 2.41. The van der Waals surface area contributed by atoms with Crippen LogP contribution in [0.3, 0.4) is 0 Å². The summed E-state index contributed by atoms with van der Waals surface area (Å²) >= 11 is 0. The summed E-state index contributed by atoms with van der Waals surface area (Å²) in [5.41, 5.74) is 13.2. The molecular formula is C43H29N5. The van der Waals surface area contributed by atoms with E-state index in [1.54, 1.807) is 0 Å². The minimum absolute atomic E-state index is 0.0828. The summed E-state index contributed by atoms with van der Waals surface area (Å²) in [4.78, 5) is 5.11. The van der Waals surface area contributed by atoms with Gasteiger partial charge in [-0.3, -0.25) is 0 Å². The van der Waals surface area contributed by atoms with Crippen molar-refractivity contribution >= 4 is 76.1 Å². The lowest BCUT2D eigenvalue weighted by Crippen LogP contribution is -2.12. The van der Waals surface area contributed by atoms with E-state index in [1.807, 2.05) is 0 Å². The normalized spacial score (nSPS) is 18.0. The highest BCUT2D eigenvalue weighted by molar-refractivity contribution is 6.25. The average molecular weight is 616 g/mol. The maximum atomic E-state index is 5.11. The first-order valence-electron chi connectivity index (χ1n) is 16.7. The third kappa shape index (κ3) is 3.70. The molecule has 0 radical (unpaired) electrons. The Morgan fingerprint density at radius 1 is 0.396 bits per heavy atom. The van der Waals surface area contributed by atoms with Crippen LogP contribution >= 0.6 is 0 Å². The summed E-state index contributed by atoms with van der Waals surface area (Å²) in [5, 5.41) is 25.3. The second-order valence-corrected chi connectivity index (χ2v) is 13.3. The maximum absolute atomic E-state index is 5.11. The quantitative estimate of drug-likeness (QED) is 0.194. The SMILES string of the molecule is c1cc(C2=NNC(c3ccc4ccc5cccc6ccc3c4c56)C2)nc(C2=NNC(c3ccc4ccc5cccc6ccc3c4c56)C2)c1. The van der Waals surface area contributed by atoms with Crippen molar-refractivity contribution in [3.05, 3.63) is 150 Å². The smallest absolute Gasteiger partial charge is 0.0883 e. The fraction of sp³-hybridized carbons (Fsp3) is 0.0930. The van der Waals surface area contributed by atoms with Crippen molar-refractivity contribution in [1.82, 2.24) is 15.8 Å². The molecule has 0 bridgehead atoms. The standard InChI is InChI=1S/C43H29N5/c1-4-24-10-12-28-14-18-30(32-20-16-26(6-1)40(24)42(28)32)36-22-38(47-45-36)34-8-3-9-35(44-34)39-23-37(46-48-39)31-19-15-29-13-11-25-5-2-7-27-17-21-33(31)43(29)41(25)27/h1-21,36-37,45-46H,22-23H2. The van der Waals surface area contributed by atoms with E-state index in [0.717, 1.165) is 35.7 Å². The summed E-state index contributed by atoms with van der Waals surface area (Å²) in [6, 6.07) is 46.5. The summed E-state index contributed by atoms with van der Waals surface area (Å²) in [5.74, 6) is 0. The molecule has 11 rings (SSSR count). The number of hydrazone groups is 2. The van der Waals surface area contributed by atoms with Crippen molar-refractivity contribution in [2.75, 3.05) is 0 Å². The van der Waals surface area contributed by atoms with Crippen LogP contribution in [-0.4, -0.2) is 16.4 Å². The fourth-order valence-electron chi connectivity index (χ4n) is 8.44. The molecule has 0 aliphatic carbocycles. The van der Waals surface area contributed by atoms with Crippen LogP contribution in [0.1, 0.15) is 47.4 Å². The zero-order valence-electron chi connectivity index (χ0n) is 26.0. The van der Waals surface area contributed by atoms with Gasteiger partial charge in [0.15, 0.2) is 0 Å². The Morgan fingerprint density at radius 2 is 0.771 bits per heavy atom. The number of hydrogen-bond acceptors (Lipinski definition) is 5. The van der Waals surface area contributed by atoms with Gasteiger partial charge in [0.2, 0.25) is 0 Å². The van der Waals surface area contributed by atoms with Crippen molar-refractivity contribution in [2.24, 2.45) is 10.2 Å². The zero-order chi connectivity index (χ0) is 31.3. The van der Waals surface area contributed by atoms with Crippen molar-refractivity contribution in [3.63, 3.8) is 0 Å². The molecule has 0 saturated carbocycles. The molecule has 226 valence electrons. The highest BCUT2D eigenvalue weighted by atomic mass is 15.3. The van der Waals surface area contributed by atoms with Gasteiger partial charge in [-0.15, -0.1) is 0 Å². The van der Waals surface area contributed by atoms with E-state index in [9.17, 15) is 0 Å². The summed E-state index contributed by atoms with van der Waals surface area (Å²) in [7, 11) is 0. The van der Waals surface area contributed by atoms with Gasteiger partial charge >= 0.3 is 0 Å². The van der Waals surface area contributed by atoms with E-state index in [4.69, 9.17) is 15.2 Å². The predicted octanol–water partition coefficient (Wildman–Crippen LogP) is 9.75. The Balaban J connectivity index is 0.884. The molecule has 5 heteroatoms. The third-order valence-electron chi connectivity index (χ3n) is 10.7. The molecule has 1 aromatic heterocycles. The van der Waals surface area contributed by atoms with Gasteiger partial charge in [0.1, 0.15) is 0 Å². The second kappa shape index (κ2) is 9.72. The third-order valence-corrected chi connectivity index (χ3v) is 10.7. The zero-order valence-corrected chi connectivity index (χ0v) is 26.0. The molecule has 48 heavy (non-hydrogen) atoms. The fourth-order valence-corrected chi connectivity index (χ4v) is 8.44. The number of nitrogens with one attached hydrogen (secondary N) is 2. The molecule has 0 spiro atoms. The van der Waals surface area contributed by atoms with E-state index in [2.05, 4.69) is 138 Å². The number of nitrogens with zero attached hydrogens (tertiary/aromatic N) is 3. The van der Waals surface area contributed by atoms with Gasteiger partial charge in [-0.25, -0.2) is 4.98 Å². The lowest BCUT2D eigenvalue weighted by molar-refractivity contribution is 0.624. The van der Waals surface area contributed by atoms with E-state index < -0.39 is 0 Å². The Kier molecular flexibility index (Phi) is 5.28. The van der Waals surface area contributed by atoms with Crippen LogP contribution in [0.25, 0.3) is 64.6 Å². The van der Waals surface area contributed by atoms with Crippen molar-refractivity contribution in [1.29, 1.82) is 0 Å². The van der Waals surface area contributed by atoms with E-state index in [1.165, 1.54) is 75.8 Å². The van der Waals surface area contributed by atoms with Crippen LogP contribution < -0.4 is 10.9 Å². The largest absolute Gasteiger partial charge is 0.302 e. The molecule has 3 heterocycles. The van der Waals surface area contributed by atoms with Crippen molar-refractivity contribution < 1.29 is 0 Å². The highest BCUT2D eigenvalue weighted by Gasteiger charge is 2.27. The van der Waals surface area contributed by atoms with E-state index >= 15 is 0 Å². The lowest BCUT2D eigenvalue weighted by atomic mass is 9.89. The van der Waals surface area contributed by atoms with Crippen LogP contribution in [0.5, 0.6) is 0 Å². The number of pyridine rings is 1. The minimum Gasteiger partial charge on any atom is -0.302 e. The molecule has 0 saturated heterocycles. The minimum atomic E-state index is 0.0828. The Hall–Kier alpha value is -6.07. The molecular weight excluding hydrogens is 587 g/mol. The van der Waals surface area contributed by atoms with Crippen LogP contribution in [0.4, 0.5) is 0 Å². The number of benzene rings is 8. The predicted molar refractivity (Wildman–Crippen MR) is 199 cm³/mol. The molecule has 8 aromatic carbocycles.